The third kappa shape index (κ3) is 1.93. The topological polar surface area (TPSA) is 49.7 Å². The highest BCUT2D eigenvalue weighted by Gasteiger charge is 2.57. The second kappa shape index (κ2) is 4.77. The summed E-state index contributed by atoms with van der Waals surface area (Å²) in [7, 11) is -2.12. The minimum Gasteiger partial charge on any atom is -0.394 e. The van der Waals surface area contributed by atoms with E-state index in [1.807, 2.05) is 25.1 Å². The molecular formula is C14H22O3Si. The van der Waals surface area contributed by atoms with Crippen LogP contribution in [0.25, 0.3) is 0 Å². The Balaban J connectivity index is 2.44. The molecule has 0 radical (unpaired) electrons. The molecule has 0 amide bonds. The molecule has 4 heteroatoms. The first-order chi connectivity index (χ1) is 8.44. The SMILES string of the molecule is C[C@@H]1C[C@H](O)[C@](CO)([Si](C)(C)c2ccccc2)O1. The Hall–Kier alpha value is -0.683. The van der Waals surface area contributed by atoms with E-state index in [-0.39, 0.29) is 12.7 Å². The van der Waals surface area contributed by atoms with Crippen LogP contribution < -0.4 is 5.19 Å². The highest BCUT2D eigenvalue weighted by atomic mass is 28.3. The average Bonchev–Trinajstić information content (AvgIpc) is 2.66. The summed E-state index contributed by atoms with van der Waals surface area (Å²) in [6.07, 6.45) is 0.0195. The zero-order valence-electron chi connectivity index (χ0n) is 11.3. The van der Waals surface area contributed by atoms with E-state index < -0.39 is 19.4 Å². The van der Waals surface area contributed by atoms with Crippen LogP contribution in [0.3, 0.4) is 0 Å². The van der Waals surface area contributed by atoms with Gasteiger partial charge in [-0.3, -0.25) is 0 Å². The van der Waals surface area contributed by atoms with Crippen molar-refractivity contribution in [1.29, 1.82) is 0 Å². The van der Waals surface area contributed by atoms with Crippen LogP contribution in [0.5, 0.6) is 0 Å². The lowest BCUT2D eigenvalue weighted by Crippen LogP contribution is -2.68. The summed E-state index contributed by atoms with van der Waals surface area (Å²) in [4.78, 5) is 0. The van der Waals surface area contributed by atoms with Crippen molar-refractivity contribution >= 4 is 13.3 Å². The van der Waals surface area contributed by atoms with E-state index in [0.717, 1.165) is 0 Å². The standard InChI is InChI=1S/C14H22O3Si/c1-11-9-13(16)14(10-15,17-11)18(2,3)12-7-5-4-6-8-12/h4-8,11,13,15-16H,9-10H2,1-3H3/t11-,13+,14+/m1/s1. The molecule has 1 fully saturated rings. The maximum absolute atomic E-state index is 10.4. The van der Waals surface area contributed by atoms with E-state index in [1.165, 1.54) is 5.19 Å². The number of ether oxygens (including phenoxy) is 1. The molecule has 1 heterocycles. The Bertz CT molecular complexity index is 407. The molecule has 0 saturated carbocycles. The lowest BCUT2D eigenvalue weighted by Gasteiger charge is -2.43. The molecule has 1 aromatic rings. The van der Waals surface area contributed by atoms with Crippen LogP contribution in [0.15, 0.2) is 30.3 Å². The minimum absolute atomic E-state index is 0.00244. The maximum atomic E-state index is 10.4. The highest BCUT2D eigenvalue weighted by Crippen LogP contribution is 2.37. The van der Waals surface area contributed by atoms with Gasteiger partial charge in [0.2, 0.25) is 0 Å². The molecule has 3 atom stereocenters. The van der Waals surface area contributed by atoms with Crippen molar-refractivity contribution in [2.75, 3.05) is 6.61 Å². The van der Waals surface area contributed by atoms with Gasteiger partial charge in [-0.05, 0) is 6.92 Å². The van der Waals surface area contributed by atoms with Gasteiger partial charge in [0.25, 0.3) is 0 Å². The van der Waals surface area contributed by atoms with Gasteiger partial charge in [-0.2, -0.15) is 0 Å². The first-order valence-electron chi connectivity index (χ1n) is 6.46. The number of benzene rings is 1. The third-order valence-corrected chi connectivity index (χ3v) is 8.80. The molecule has 1 saturated heterocycles. The Morgan fingerprint density at radius 3 is 2.39 bits per heavy atom. The first-order valence-corrected chi connectivity index (χ1v) is 9.46. The summed E-state index contributed by atoms with van der Waals surface area (Å²) >= 11 is 0. The summed E-state index contributed by atoms with van der Waals surface area (Å²) in [6.45, 7) is 6.14. The molecule has 100 valence electrons. The molecule has 0 aromatic heterocycles. The fraction of sp³-hybridized carbons (Fsp3) is 0.571. The van der Waals surface area contributed by atoms with Gasteiger partial charge in [0.1, 0.15) is 13.3 Å². The van der Waals surface area contributed by atoms with Crippen LogP contribution in [0.1, 0.15) is 13.3 Å². The molecule has 2 rings (SSSR count). The van der Waals surface area contributed by atoms with Crippen molar-refractivity contribution in [3.8, 4) is 0 Å². The maximum Gasteiger partial charge on any atom is 0.123 e. The van der Waals surface area contributed by atoms with Crippen LogP contribution >= 0.6 is 0 Å². The predicted octanol–water partition coefficient (Wildman–Crippen LogP) is 1.04. The van der Waals surface area contributed by atoms with E-state index in [1.54, 1.807) is 0 Å². The third-order valence-electron chi connectivity index (χ3n) is 4.29. The lowest BCUT2D eigenvalue weighted by atomic mass is 10.1. The van der Waals surface area contributed by atoms with Crippen LogP contribution in [-0.2, 0) is 4.74 Å². The number of aliphatic hydroxyl groups is 2. The summed E-state index contributed by atoms with van der Waals surface area (Å²) in [6, 6.07) is 10.1. The van der Waals surface area contributed by atoms with E-state index in [4.69, 9.17) is 4.74 Å². The van der Waals surface area contributed by atoms with E-state index in [2.05, 4.69) is 25.2 Å². The fourth-order valence-corrected chi connectivity index (χ4v) is 6.35. The van der Waals surface area contributed by atoms with Crippen LogP contribution in [-0.4, -0.2) is 42.3 Å². The molecule has 1 aliphatic rings. The number of aliphatic hydroxyl groups excluding tert-OH is 2. The molecule has 2 N–H and O–H groups in total. The van der Waals surface area contributed by atoms with Gasteiger partial charge in [-0.15, -0.1) is 0 Å². The number of rotatable bonds is 3. The summed E-state index contributed by atoms with van der Waals surface area (Å²) in [5, 5.41) is 20.6. The van der Waals surface area contributed by atoms with Gasteiger partial charge < -0.3 is 14.9 Å². The van der Waals surface area contributed by atoms with E-state index in [9.17, 15) is 10.2 Å². The number of hydrogen-bond donors (Lipinski definition) is 2. The van der Waals surface area contributed by atoms with Crippen LogP contribution in [0, 0.1) is 0 Å². The molecule has 3 nitrogen and oxygen atoms in total. The largest absolute Gasteiger partial charge is 0.394 e. The summed E-state index contributed by atoms with van der Waals surface area (Å²) < 4.78 is 5.99. The molecule has 0 spiro atoms. The zero-order valence-corrected chi connectivity index (χ0v) is 12.3. The molecule has 0 unspecified atom stereocenters. The average molecular weight is 266 g/mol. The summed E-state index contributed by atoms with van der Waals surface area (Å²) in [5.74, 6) is 0. The first kappa shape index (κ1) is 13.7. The van der Waals surface area contributed by atoms with Crippen molar-refractivity contribution in [3.05, 3.63) is 30.3 Å². The van der Waals surface area contributed by atoms with Crippen molar-refractivity contribution in [1.82, 2.24) is 0 Å². The lowest BCUT2D eigenvalue weighted by molar-refractivity contribution is -0.0566. The molecule has 1 aliphatic heterocycles. The van der Waals surface area contributed by atoms with E-state index in [0.29, 0.717) is 6.42 Å². The second-order valence-electron chi connectivity index (χ2n) is 5.72. The normalized spacial score (nSPS) is 32.7. The van der Waals surface area contributed by atoms with Gasteiger partial charge in [-0.25, -0.2) is 0 Å². The molecule has 1 aromatic carbocycles. The predicted molar refractivity (Wildman–Crippen MR) is 74.5 cm³/mol. The van der Waals surface area contributed by atoms with Gasteiger partial charge in [0.05, 0.1) is 18.8 Å². The van der Waals surface area contributed by atoms with Crippen LogP contribution in [0.2, 0.25) is 13.1 Å². The van der Waals surface area contributed by atoms with Crippen molar-refractivity contribution in [3.63, 3.8) is 0 Å². The Morgan fingerprint density at radius 2 is 1.94 bits per heavy atom. The molecule has 18 heavy (non-hydrogen) atoms. The smallest absolute Gasteiger partial charge is 0.123 e. The van der Waals surface area contributed by atoms with Crippen molar-refractivity contribution in [2.24, 2.45) is 0 Å². The second-order valence-corrected chi connectivity index (χ2v) is 10.4. The monoisotopic (exact) mass is 266 g/mol. The van der Waals surface area contributed by atoms with Gasteiger partial charge in [0, 0.05) is 6.42 Å². The van der Waals surface area contributed by atoms with Gasteiger partial charge in [0.15, 0.2) is 0 Å². The van der Waals surface area contributed by atoms with Gasteiger partial charge >= 0.3 is 0 Å². The molecule has 0 bridgehead atoms. The Labute approximate surface area is 109 Å². The molecular weight excluding hydrogens is 244 g/mol. The fourth-order valence-electron chi connectivity index (χ4n) is 2.99. The minimum atomic E-state index is -2.12. The van der Waals surface area contributed by atoms with Gasteiger partial charge in [-0.1, -0.05) is 48.6 Å². The Morgan fingerprint density at radius 1 is 1.33 bits per heavy atom. The Kier molecular flexibility index (Phi) is 3.64. The van der Waals surface area contributed by atoms with Crippen molar-refractivity contribution < 1.29 is 14.9 Å². The van der Waals surface area contributed by atoms with Crippen molar-refractivity contribution in [2.45, 2.75) is 43.9 Å². The highest BCUT2D eigenvalue weighted by molar-refractivity contribution is 6.92. The van der Waals surface area contributed by atoms with Crippen LogP contribution in [0.4, 0.5) is 0 Å². The summed E-state index contributed by atoms with van der Waals surface area (Å²) in [5.41, 5.74) is 0. The molecule has 0 aliphatic carbocycles. The quantitative estimate of drug-likeness (QED) is 0.804. The zero-order chi connectivity index (χ0) is 13.4. The van der Waals surface area contributed by atoms with E-state index >= 15 is 0 Å². The number of hydrogen-bond acceptors (Lipinski definition) is 3.